The van der Waals surface area contributed by atoms with E-state index >= 15 is 0 Å². The number of hydrogen-bond acceptors (Lipinski definition) is 0. The van der Waals surface area contributed by atoms with E-state index in [-0.39, 0.29) is 0 Å². The summed E-state index contributed by atoms with van der Waals surface area (Å²) in [6, 6.07) is 0. The van der Waals surface area contributed by atoms with E-state index in [0.717, 1.165) is 6.42 Å². The minimum absolute atomic E-state index is 0.356. The van der Waals surface area contributed by atoms with Crippen LogP contribution in [0.2, 0.25) is 0 Å². The molecule has 0 heterocycles. The second-order valence-electron chi connectivity index (χ2n) is 4.21. The summed E-state index contributed by atoms with van der Waals surface area (Å²) in [7, 11) is 0. The minimum Gasteiger partial charge on any atom is -0.0991 e. The molecule has 0 aromatic rings. The van der Waals surface area contributed by atoms with Gasteiger partial charge in [0.25, 0.3) is 0 Å². The summed E-state index contributed by atoms with van der Waals surface area (Å²) < 4.78 is 0. The predicted octanol–water partition coefficient (Wildman–Crippen LogP) is 6.16. The standard InChI is InChI=1S/C12H20.2C2H6/c1-6-8-11(9-7-2)10-12(3,4)5;2*1-2/h6-9H,1,10H2,2-5H3;2*1-2H3/b9-7-,11-8+;;. The molecular weight excluding hydrogens is 192 g/mol. The third-order valence-corrected chi connectivity index (χ3v) is 1.45. The average molecular weight is 224 g/mol. The van der Waals surface area contributed by atoms with Gasteiger partial charge in [-0.3, -0.25) is 0 Å². The molecule has 96 valence electrons. The van der Waals surface area contributed by atoms with Gasteiger partial charge < -0.3 is 0 Å². The normalized spacial score (nSPS) is 11.1. The van der Waals surface area contributed by atoms with Crippen LogP contribution in [0.1, 0.15) is 61.8 Å². The molecule has 0 aliphatic carbocycles. The third kappa shape index (κ3) is 18.9. The second kappa shape index (κ2) is 14.2. The van der Waals surface area contributed by atoms with Crippen molar-refractivity contribution in [2.45, 2.75) is 61.8 Å². The van der Waals surface area contributed by atoms with E-state index in [1.54, 1.807) is 0 Å². The lowest BCUT2D eigenvalue weighted by Crippen LogP contribution is -2.05. The zero-order valence-electron chi connectivity index (χ0n) is 12.7. The van der Waals surface area contributed by atoms with Crippen LogP contribution in [-0.4, -0.2) is 0 Å². The van der Waals surface area contributed by atoms with E-state index in [4.69, 9.17) is 0 Å². The molecule has 0 rings (SSSR count). The van der Waals surface area contributed by atoms with Gasteiger partial charge in [-0.25, -0.2) is 0 Å². The monoisotopic (exact) mass is 224 g/mol. The lowest BCUT2D eigenvalue weighted by Gasteiger charge is -2.18. The molecule has 0 saturated carbocycles. The lowest BCUT2D eigenvalue weighted by molar-refractivity contribution is 0.413. The van der Waals surface area contributed by atoms with Crippen molar-refractivity contribution in [3.05, 3.63) is 36.5 Å². The molecule has 0 heteroatoms. The van der Waals surface area contributed by atoms with Crippen LogP contribution in [0.15, 0.2) is 36.5 Å². The first-order chi connectivity index (χ1) is 7.49. The maximum absolute atomic E-state index is 3.70. The van der Waals surface area contributed by atoms with E-state index in [0.29, 0.717) is 5.41 Å². The smallest absolute Gasteiger partial charge is 0.0230 e. The predicted molar refractivity (Wildman–Crippen MR) is 79.9 cm³/mol. The number of allylic oxidation sites excluding steroid dienone is 5. The third-order valence-electron chi connectivity index (χ3n) is 1.45. The Morgan fingerprint density at radius 3 is 1.75 bits per heavy atom. The molecule has 0 aliphatic rings. The summed E-state index contributed by atoms with van der Waals surface area (Å²) >= 11 is 0. The van der Waals surface area contributed by atoms with Crippen LogP contribution in [0.4, 0.5) is 0 Å². The van der Waals surface area contributed by atoms with Gasteiger partial charge in [-0.2, -0.15) is 0 Å². The second-order valence-corrected chi connectivity index (χ2v) is 4.21. The van der Waals surface area contributed by atoms with Gasteiger partial charge in [0, 0.05) is 0 Å². The van der Waals surface area contributed by atoms with Gasteiger partial charge in [-0.05, 0) is 24.3 Å². The van der Waals surface area contributed by atoms with Gasteiger partial charge in [0.1, 0.15) is 0 Å². The lowest BCUT2D eigenvalue weighted by atomic mass is 9.87. The molecule has 0 unspecified atom stereocenters. The fraction of sp³-hybridized carbons (Fsp3) is 0.625. The summed E-state index contributed by atoms with van der Waals surface area (Å²) in [6.45, 7) is 20.5. The maximum atomic E-state index is 3.70. The zero-order valence-corrected chi connectivity index (χ0v) is 12.7. The van der Waals surface area contributed by atoms with Crippen molar-refractivity contribution in [2.24, 2.45) is 5.41 Å². The highest BCUT2D eigenvalue weighted by Crippen LogP contribution is 2.24. The van der Waals surface area contributed by atoms with Crippen molar-refractivity contribution in [3.63, 3.8) is 0 Å². The van der Waals surface area contributed by atoms with Crippen LogP contribution in [0.5, 0.6) is 0 Å². The first-order valence-corrected chi connectivity index (χ1v) is 6.44. The highest BCUT2D eigenvalue weighted by atomic mass is 14.2. The highest BCUT2D eigenvalue weighted by Gasteiger charge is 2.10. The van der Waals surface area contributed by atoms with Gasteiger partial charge >= 0.3 is 0 Å². The molecule has 0 N–H and O–H groups in total. The Bertz CT molecular complexity index is 187. The molecule has 0 aromatic carbocycles. The van der Waals surface area contributed by atoms with Crippen molar-refractivity contribution >= 4 is 0 Å². The van der Waals surface area contributed by atoms with Gasteiger partial charge in [0.15, 0.2) is 0 Å². The molecule has 0 aliphatic heterocycles. The summed E-state index contributed by atoms with van der Waals surface area (Å²) in [5, 5.41) is 0. The van der Waals surface area contributed by atoms with Gasteiger partial charge in [-0.15, -0.1) is 0 Å². The number of hydrogen-bond donors (Lipinski definition) is 0. The van der Waals surface area contributed by atoms with Crippen LogP contribution < -0.4 is 0 Å². The molecule has 0 spiro atoms. The molecular formula is C16H32. The van der Waals surface area contributed by atoms with Gasteiger partial charge in [0.2, 0.25) is 0 Å². The Morgan fingerprint density at radius 1 is 1.06 bits per heavy atom. The topological polar surface area (TPSA) is 0 Å². The van der Waals surface area contributed by atoms with Crippen molar-refractivity contribution in [2.75, 3.05) is 0 Å². The molecule has 0 fully saturated rings. The van der Waals surface area contributed by atoms with Crippen LogP contribution in [-0.2, 0) is 0 Å². The average Bonchev–Trinajstić information content (AvgIpc) is 2.22. The quantitative estimate of drug-likeness (QED) is 0.503. The van der Waals surface area contributed by atoms with Crippen LogP contribution in [0, 0.1) is 5.41 Å². The molecule has 0 atom stereocenters. The van der Waals surface area contributed by atoms with Crippen molar-refractivity contribution < 1.29 is 0 Å². The van der Waals surface area contributed by atoms with E-state index in [1.165, 1.54) is 5.57 Å². The van der Waals surface area contributed by atoms with Crippen molar-refractivity contribution in [1.82, 2.24) is 0 Å². The van der Waals surface area contributed by atoms with Gasteiger partial charge in [-0.1, -0.05) is 79.3 Å². The molecule has 16 heavy (non-hydrogen) atoms. The van der Waals surface area contributed by atoms with Crippen molar-refractivity contribution in [1.29, 1.82) is 0 Å². The van der Waals surface area contributed by atoms with Crippen LogP contribution in [0.25, 0.3) is 0 Å². The zero-order chi connectivity index (χ0) is 13.6. The van der Waals surface area contributed by atoms with E-state index in [1.807, 2.05) is 40.7 Å². The van der Waals surface area contributed by atoms with Crippen molar-refractivity contribution in [3.8, 4) is 0 Å². The largest absolute Gasteiger partial charge is 0.0991 e. The summed E-state index contributed by atoms with van der Waals surface area (Å²) in [5.41, 5.74) is 1.70. The summed E-state index contributed by atoms with van der Waals surface area (Å²) in [6.07, 6.45) is 9.24. The highest BCUT2D eigenvalue weighted by molar-refractivity contribution is 5.23. The Hall–Kier alpha value is -0.780. The van der Waals surface area contributed by atoms with Gasteiger partial charge in [0.05, 0.1) is 0 Å². The Balaban J connectivity index is -0.000000376. The van der Waals surface area contributed by atoms with E-state index in [2.05, 4.69) is 45.6 Å². The first kappa shape index (κ1) is 20.6. The molecule has 0 saturated heterocycles. The maximum Gasteiger partial charge on any atom is -0.0230 e. The molecule has 0 nitrogen and oxygen atoms in total. The molecule has 0 bridgehead atoms. The SMILES string of the molecule is C=C/C=C(\C=C/C)CC(C)(C)C.CC.CC. The Morgan fingerprint density at radius 2 is 1.50 bits per heavy atom. The van der Waals surface area contributed by atoms with Crippen LogP contribution in [0.3, 0.4) is 0 Å². The van der Waals surface area contributed by atoms with E-state index in [9.17, 15) is 0 Å². The molecule has 0 aromatic heterocycles. The van der Waals surface area contributed by atoms with E-state index < -0.39 is 0 Å². The minimum atomic E-state index is 0.356. The number of rotatable bonds is 3. The first-order valence-electron chi connectivity index (χ1n) is 6.44. The fourth-order valence-corrected chi connectivity index (χ4v) is 1.15. The van der Waals surface area contributed by atoms with Crippen LogP contribution >= 0.6 is 0 Å². The summed E-state index contributed by atoms with van der Waals surface area (Å²) in [5.74, 6) is 0. The fourth-order valence-electron chi connectivity index (χ4n) is 1.15. The Kier molecular flexibility index (Phi) is 18.3. The molecule has 0 radical (unpaired) electrons. The summed E-state index contributed by atoms with van der Waals surface area (Å²) in [4.78, 5) is 0. The Labute approximate surface area is 104 Å². The molecule has 0 amide bonds.